The van der Waals surface area contributed by atoms with Crippen molar-refractivity contribution in [3.8, 4) is 5.75 Å². The van der Waals surface area contributed by atoms with Gasteiger partial charge in [-0.2, -0.15) is 0 Å². The number of nitrogens with two attached hydrogens (primary N) is 1. The second-order valence-electron chi connectivity index (χ2n) is 4.26. The molecule has 0 aliphatic heterocycles. The third kappa shape index (κ3) is 3.47. The zero-order chi connectivity index (χ0) is 14.7. The van der Waals surface area contributed by atoms with Crippen LogP contribution in [0.15, 0.2) is 40.9 Å². The molecule has 2 nitrogen and oxygen atoms in total. The van der Waals surface area contributed by atoms with E-state index >= 15 is 0 Å². The summed E-state index contributed by atoms with van der Waals surface area (Å²) in [7, 11) is 0. The van der Waals surface area contributed by atoms with Crippen LogP contribution in [0.4, 0.5) is 0 Å². The van der Waals surface area contributed by atoms with Crippen molar-refractivity contribution < 1.29 is 4.74 Å². The van der Waals surface area contributed by atoms with E-state index in [1.54, 1.807) is 12.1 Å². The Morgan fingerprint density at radius 1 is 1.15 bits per heavy atom. The summed E-state index contributed by atoms with van der Waals surface area (Å²) in [5, 5.41) is 1.14. The van der Waals surface area contributed by atoms with E-state index < -0.39 is 0 Å². The smallest absolute Gasteiger partial charge is 0.124 e. The molecule has 0 heterocycles. The molecule has 0 aromatic heterocycles. The SMILES string of the molecule is CCOc1ccc(Br)cc1C(N)c1ccc(Cl)cc1Cl. The van der Waals surface area contributed by atoms with Crippen LogP contribution in [0.3, 0.4) is 0 Å². The van der Waals surface area contributed by atoms with E-state index in [0.717, 1.165) is 21.3 Å². The van der Waals surface area contributed by atoms with Gasteiger partial charge in [0.25, 0.3) is 0 Å². The van der Waals surface area contributed by atoms with Gasteiger partial charge in [-0.05, 0) is 42.8 Å². The Balaban J connectivity index is 2.46. The molecular formula is C15H14BrCl2NO. The van der Waals surface area contributed by atoms with E-state index in [1.807, 2.05) is 31.2 Å². The van der Waals surface area contributed by atoms with Gasteiger partial charge in [0.15, 0.2) is 0 Å². The van der Waals surface area contributed by atoms with E-state index in [2.05, 4.69) is 15.9 Å². The minimum absolute atomic E-state index is 0.376. The van der Waals surface area contributed by atoms with Crippen molar-refractivity contribution >= 4 is 39.1 Å². The van der Waals surface area contributed by atoms with E-state index in [1.165, 1.54) is 0 Å². The fourth-order valence-corrected chi connectivity index (χ4v) is 2.88. The normalized spacial score (nSPS) is 12.2. The maximum absolute atomic E-state index is 6.34. The molecule has 2 N–H and O–H groups in total. The zero-order valence-corrected chi connectivity index (χ0v) is 14.0. The summed E-state index contributed by atoms with van der Waals surface area (Å²) in [6.45, 7) is 2.52. The van der Waals surface area contributed by atoms with E-state index in [0.29, 0.717) is 16.7 Å². The molecule has 0 aliphatic carbocycles. The lowest BCUT2D eigenvalue weighted by molar-refractivity contribution is 0.335. The molecule has 20 heavy (non-hydrogen) atoms. The van der Waals surface area contributed by atoms with E-state index in [9.17, 15) is 0 Å². The van der Waals surface area contributed by atoms with Gasteiger partial charge < -0.3 is 10.5 Å². The zero-order valence-electron chi connectivity index (χ0n) is 10.9. The summed E-state index contributed by atoms with van der Waals surface area (Å²) in [5.41, 5.74) is 8.03. The molecule has 0 bridgehead atoms. The highest BCUT2D eigenvalue weighted by Gasteiger charge is 2.17. The first-order chi connectivity index (χ1) is 9.52. The second kappa shape index (κ2) is 6.81. The Kier molecular flexibility index (Phi) is 5.33. The molecule has 0 aliphatic rings. The molecule has 1 atom stereocenters. The molecule has 2 aromatic carbocycles. The molecule has 2 aromatic rings. The third-order valence-electron chi connectivity index (χ3n) is 2.90. The van der Waals surface area contributed by atoms with Gasteiger partial charge in [0.2, 0.25) is 0 Å². The summed E-state index contributed by atoms with van der Waals surface area (Å²) in [6, 6.07) is 10.7. The predicted octanol–water partition coefficient (Wildman–Crippen LogP) is 5.20. The molecule has 0 saturated heterocycles. The summed E-state index contributed by atoms with van der Waals surface area (Å²) >= 11 is 15.6. The Labute approximate surface area is 137 Å². The van der Waals surface area contributed by atoms with Crippen LogP contribution in [0.5, 0.6) is 5.75 Å². The van der Waals surface area contributed by atoms with Crippen LogP contribution in [0, 0.1) is 0 Å². The standard InChI is InChI=1S/C15H14BrCl2NO/c1-2-20-14-6-3-9(16)7-12(14)15(19)11-5-4-10(17)8-13(11)18/h3-8,15H,2,19H2,1H3. The van der Waals surface area contributed by atoms with Crippen molar-refractivity contribution in [2.45, 2.75) is 13.0 Å². The topological polar surface area (TPSA) is 35.2 Å². The van der Waals surface area contributed by atoms with Gasteiger partial charge in [-0.15, -0.1) is 0 Å². The number of hydrogen-bond donors (Lipinski definition) is 1. The number of rotatable bonds is 4. The Bertz CT molecular complexity index is 619. The van der Waals surface area contributed by atoms with Gasteiger partial charge in [0.05, 0.1) is 12.6 Å². The first kappa shape index (κ1) is 15.6. The van der Waals surface area contributed by atoms with Gasteiger partial charge >= 0.3 is 0 Å². The second-order valence-corrected chi connectivity index (χ2v) is 6.02. The molecule has 0 radical (unpaired) electrons. The maximum Gasteiger partial charge on any atom is 0.124 e. The van der Waals surface area contributed by atoms with Crippen molar-refractivity contribution in [1.82, 2.24) is 0 Å². The molecule has 0 fully saturated rings. The Hall–Kier alpha value is -0.740. The third-order valence-corrected chi connectivity index (χ3v) is 3.96. The van der Waals surface area contributed by atoms with E-state index in [-0.39, 0.29) is 6.04 Å². The Morgan fingerprint density at radius 3 is 2.55 bits per heavy atom. The highest BCUT2D eigenvalue weighted by Crippen LogP contribution is 2.34. The summed E-state index contributed by atoms with van der Waals surface area (Å²) in [5.74, 6) is 0.759. The van der Waals surface area contributed by atoms with Gasteiger partial charge in [0, 0.05) is 20.1 Å². The fraction of sp³-hybridized carbons (Fsp3) is 0.200. The monoisotopic (exact) mass is 373 g/mol. The molecule has 106 valence electrons. The lowest BCUT2D eigenvalue weighted by Crippen LogP contribution is -2.14. The van der Waals surface area contributed by atoms with Crippen LogP contribution < -0.4 is 10.5 Å². The van der Waals surface area contributed by atoms with Crippen molar-refractivity contribution in [2.24, 2.45) is 5.73 Å². The van der Waals surface area contributed by atoms with Crippen molar-refractivity contribution in [1.29, 1.82) is 0 Å². The van der Waals surface area contributed by atoms with Crippen molar-refractivity contribution in [2.75, 3.05) is 6.61 Å². The van der Waals surface area contributed by atoms with Crippen molar-refractivity contribution in [3.63, 3.8) is 0 Å². The van der Waals surface area contributed by atoms with Gasteiger partial charge in [-0.3, -0.25) is 0 Å². The minimum Gasteiger partial charge on any atom is -0.494 e. The number of halogens is 3. The highest BCUT2D eigenvalue weighted by atomic mass is 79.9. The number of hydrogen-bond acceptors (Lipinski definition) is 2. The number of ether oxygens (including phenoxy) is 1. The van der Waals surface area contributed by atoms with Crippen molar-refractivity contribution in [3.05, 3.63) is 62.0 Å². The van der Waals surface area contributed by atoms with Crippen LogP contribution in [-0.2, 0) is 0 Å². The van der Waals surface area contributed by atoms with Gasteiger partial charge in [0.1, 0.15) is 5.75 Å². The van der Waals surface area contributed by atoms with Crippen LogP contribution in [0.1, 0.15) is 24.1 Å². The van der Waals surface area contributed by atoms with Crippen LogP contribution in [0.2, 0.25) is 10.0 Å². The lowest BCUT2D eigenvalue weighted by atomic mass is 9.98. The average Bonchev–Trinajstić information content (AvgIpc) is 2.40. The highest BCUT2D eigenvalue weighted by molar-refractivity contribution is 9.10. The minimum atomic E-state index is -0.376. The fourth-order valence-electron chi connectivity index (χ4n) is 1.97. The number of benzene rings is 2. The quantitative estimate of drug-likeness (QED) is 0.797. The van der Waals surface area contributed by atoms with Crippen LogP contribution in [-0.4, -0.2) is 6.61 Å². The Morgan fingerprint density at radius 2 is 1.90 bits per heavy atom. The lowest BCUT2D eigenvalue weighted by Gasteiger charge is -2.18. The molecule has 0 spiro atoms. The van der Waals surface area contributed by atoms with Gasteiger partial charge in [-0.25, -0.2) is 0 Å². The molecule has 1 unspecified atom stereocenters. The molecule has 0 saturated carbocycles. The van der Waals surface area contributed by atoms with E-state index in [4.69, 9.17) is 33.7 Å². The first-order valence-electron chi connectivity index (χ1n) is 6.15. The molecule has 0 amide bonds. The molecule has 2 rings (SSSR count). The largest absolute Gasteiger partial charge is 0.494 e. The average molecular weight is 375 g/mol. The first-order valence-corrected chi connectivity index (χ1v) is 7.70. The summed E-state index contributed by atoms with van der Waals surface area (Å²) in [4.78, 5) is 0. The summed E-state index contributed by atoms with van der Waals surface area (Å²) in [6.07, 6.45) is 0. The predicted molar refractivity (Wildman–Crippen MR) is 87.8 cm³/mol. The molecular weight excluding hydrogens is 361 g/mol. The maximum atomic E-state index is 6.34. The summed E-state index contributed by atoms with van der Waals surface area (Å²) < 4.78 is 6.57. The molecule has 5 heteroatoms. The van der Waals surface area contributed by atoms with Crippen LogP contribution >= 0.6 is 39.1 Å². The van der Waals surface area contributed by atoms with Crippen LogP contribution in [0.25, 0.3) is 0 Å². The van der Waals surface area contributed by atoms with Gasteiger partial charge in [-0.1, -0.05) is 45.2 Å².